The van der Waals surface area contributed by atoms with E-state index in [1.165, 1.54) is 12.2 Å². The molecular weight excluding hydrogens is 80.0 g/mol. The first-order valence-corrected chi connectivity index (χ1v) is 1.20. The summed E-state index contributed by atoms with van der Waals surface area (Å²) >= 11 is 0. The van der Waals surface area contributed by atoms with Crippen LogP contribution in [0.1, 0.15) is 0 Å². The van der Waals surface area contributed by atoms with Gasteiger partial charge in [0.2, 0.25) is 0 Å². The van der Waals surface area contributed by atoms with E-state index in [0.29, 0.717) is 0 Å². The summed E-state index contributed by atoms with van der Waals surface area (Å²) in [6, 6.07) is 0. The lowest BCUT2D eigenvalue weighted by atomic mass is 10.7. The minimum absolute atomic E-state index is 1.48. The summed E-state index contributed by atoms with van der Waals surface area (Å²) in [4.78, 5) is 0. The molecule has 0 unspecified atom stereocenters. The van der Waals surface area contributed by atoms with Gasteiger partial charge in [0, 0.05) is 11.8 Å². The molecule has 30 valence electrons. The number of hydrogen-bond donors (Lipinski definition) is 2. The van der Waals surface area contributed by atoms with E-state index in [4.69, 9.17) is 10.2 Å². The smallest absolute Gasteiger partial charge is 0.122 e. The fraction of sp³-hybridized carbons (Fsp3) is 0. The van der Waals surface area contributed by atoms with Crippen LogP contribution in [-0.4, -0.2) is 10.2 Å². The van der Waals surface area contributed by atoms with Crippen LogP contribution in [-0.2, 0) is 0 Å². The largest absolute Gasteiger partial charge is 0.461 e. The Kier molecular flexibility index (Phi) is 2.93. The maximum absolute atomic E-state index is 7.62. The zero-order valence-corrected chi connectivity index (χ0v) is 2.89. The van der Waals surface area contributed by atoms with E-state index in [-0.39, 0.29) is 0 Å². The SMILES string of the molecule is OC#CC#CO. The molecule has 0 heterocycles. The first kappa shape index (κ1) is 4.72. The Labute approximate surface area is 35.4 Å². The van der Waals surface area contributed by atoms with Gasteiger partial charge in [0.25, 0.3) is 0 Å². The van der Waals surface area contributed by atoms with Gasteiger partial charge in [0.05, 0.1) is 0 Å². The third kappa shape index (κ3) is 2.72. The van der Waals surface area contributed by atoms with Crippen molar-refractivity contribution < 1.29 is 10.2 Å². The lowest BCUT2D eigenvalue weighted by molar-refractivity contribution is 0.514. The minimum atomic E-state index is 1.48. The Morgan fingerprint density at radius 2 is 1.17 bits per heavy atom. The van der Waals surface area contributed by atoms with Crippen molar-refractivity contribution in [3.63, 3.8) is 0 Å². The van der Waals surface area contributed by atoms with Gasteiger partial charge in [0.15, 0.2) is 0 Å². The highest BCUT2D eigenvalue weighted by Gasteiger charge is 1.45. The standard InChI is InChI=1S/C4H2O2/c5-3-1-2-4-6/h5-6H. The number of rotatable bonds is 0. The van der Waals surface area contributed by atoms with E-state index in [9.17, 15) is 0 Å². The summed E-state index contributed by atoms with van der Waals surface area (Å²) < 4.78 is 0. The average molecular weight is 82.1 g/mol. The fourth-order valence-electron chi connectivity index (χ4n) is 0.0559. The molecule has 0 aliphatic carbocycles. The van der Waals surface area contributed by atoms with Gasteiger partial charge in [-0.1, -0.05) is 0 Å². The van der Waals surface area contributed by atoms with Crippen LogP contribution >= 0.6 is 0 Å². The number of aliphatic hydroxyl groups is 2. The molecular formula is C4H2O2. The summed E-state index contributed by atoms with van der Waals surface area (Å²) in [5, 5.41) is 15.2. The molecule has 2 nitrogen and oxygen atoms in total. The predicted molar refractivity (Wildman–Crippen MR) is 19.4 cm³/mol. The molecule has 6 heavy (non-hydrogen) atoms. The summed E-state index contributed by atoms with van der Waals surface area (Å²) in [6.45, 7) is 0. The highest BCUT2D eigenvalue weighted by molar-refractivity contribution is 5.20. The number of aliphatic hydroxyl groups excluding tert-OH is 2. The normalized spacial score (nSPS) is 3.33. The highest BCUT2D eigenvalue weighted by atomic mass is 16.2. The summed E-state index contributed by atoms with van der Waals surface area (Å²) in [6.07, 6.45) is 2.97. The summed E-state index contributed by atoms with van der Waals surface area (Å²) in [5.41, 5.74) is 0. The van der Waals surface area contributed by atoms with Crippen LogP contribution < -0.4 is 0 Å². The molecule has 0 saturated heterocycles. The molecule has 0 aliphatic rings. The maximum atomic E-state index is 7.62. The van der Waals surface area contributed by atoms with Crippen molar-refractivity contribution in [1.82, 2.24) is 0 Å². The van der Waals surface area contributed by atoms with Gasteiger partial charge >= 0.3 is 0 Å². The second-order valence-electron chi connectivity index (χ2n) is 0.474. The van der Waals surface area contributed by atoms with E-state index >= 15 is 0 Å². The van der Waals surface area contributed by atoms with Crippen molar-refractivity contribution >= 4 is 0 Å². The highest BCUT2D eigenvalue weighted by Crippen LogP contribution is 1.41. The molecule has 2 heteroatoms. The first-order chi connectivity index (χ1) is 2.91. The van der Waals surface area contributed by atoms with Gasteiger partial charge in [0.1, 0.15) is 12.2 Å². The van der Waals surface area contributed by atoms with E-state index in [1.807, 2.05) is 11.8 Å². The quantitative estimate of drug-likeness (QED) is 0.392. The van der Waals surface area contributed by atoms with Crippen molar-refractivity contribution in [3.05, 3.63) is 0 Å². The van der Waals surface area contributed by atoms with Gasteiger partial charge in [-0.25, -0.2) is 0 Å². The first-order valence-electron chi connectivity index (χ1n) is 1.20. The zero-order chi connectivity index (χ0) is 4.83. The van der Waals surface area contributed by atoms with Gasteiger partial charge < -0.3 is 10.2 Å². The molecule has 0 spiro atoms. The van der Waals surface area contributed by atoms with Crippen LogP contribution in [0.25, 0.3) is 0 Å². The molecule has 0 rings (SSSR count). The van der Waals surface area contributed by atoms with Crippen molar-refractivity contribution in [1.29, 1.82) is 0 Å². The lowest BCUT2D eigenvalue weighted by Crippen LogP contribution is -1.50. The summed E-state index contributed by atoms with van der Waals surface area (Å²) in [7, 11) is 0. The molecule has 0 aromatic heterocycles. The topological polar surface area (TPSA) is 40.5 Å². The molecule has 0 atom stereocenters. The van der Waals surface area contributed by atoms with Crippen molar-refractivity contribution in [3.8, 4) is 24.1 Å². The van der Waals surface area contributed by atoms with Crippen molar-refractivity contribution in [2.45, 2.75) is 0 Å². The summed E-state index contributed by atoms with van der Waals surface area (Å²) in [5.74, 6) is 3.78. The Morgan fingerprint density at radius 3 is 1.33 bits per heavy atom. The average Bonchev–Trinajstić information content (AvgIpc) is 1.61. The second kappa shape index (κ2) is 3.72. The van der Waals surface area contributed by atoms with E-state index in [1.54, 1.807) is 0 Å². The molecule has 0 aromatic rings. The van der Waals surface area contributed by atoms with E-state index in [2.05, 4.69) is 0 Å². The molecule has 0 aliphatic heterocycles. The Bertz CT molecular complexity index is 109. The molecule has 0 amide bonds. The number of hydrogen-bond acceptors (Lipinski definition) is 2. The fourth-order valence-corrected chi connectivity index (χ4v) is 0.0559. The molecule has 2 N–H and O–H groups in total. The minimum Gasteiger partial charge on any atom is -0.461 e. The predicted octanol–water partition coefficient (Wildman–Crippen LogP) is -0.347. The molecule has 0 fully saturated rings. The van der Waals surface area contributed by atoms with Gasteiger partial charge in [-0.05, 0) is 0 Å². The zero-order valence-electron chi connectivity index (χ0n) is 2.89. The third-order valence-corrected chi connectivity index (χ3v) is 0.174. The van der Waals surface area contributed by atoms with Crippen LogP contribution in [0.4, 0.5) is 0 Å². The van der Waals surface area contributed by atoms with Gasteiger partial charge in [-0.3, -0.25) is 0 Å². The van der Waals surface area contributed by atoms with Gasteiger partial charge in [-0.2, -0.15) is 0 Å². The van der Waals surface area contributed by atoms with Crippen LogP contribution in [0.15, 0.2) is 0 Å². The molecule has 0 radical (unpaired) electrons. The second-order valence-corrected chi connectivity index (χ2v) is 0.474. The molecule has 0 aromatic carbocycles. The molecule has 0 bridgehead atoms. The third-order valence-electron chi connectivity index (χ3n) is 0.174. The monoisotopic (exact) mass is 82.0 g/mol. The van der Waals surface area contributed by atoms with Crippen molar-refractivity contribution in [2.75, 3.05) is 0 Å². The van der Waals surface area contributed by atoms with Gasteiger partial charge in [-0.15, -0.1) is 0 Å². The van der Waals surface area contributed by atoms with Crippen LogP contribution in [0.3, 0.4) is 0 Å². The Morgan fingerprint density at radius 1 is 0.833 bits per heavy atom. The lowest BCUT2D eigenvalue weighted by Gasteiger charge is -1.49. The maximum Gasteiger partial charge on any atom is 0.122 e. The Hall–Kier alpha value is -1.28. The van der Waals surface area contributed by atoms with Crippen LogP contribution in [0, 0.1) is 24.1 Å². The van der Waals surface area contributed by atoms with E-state index in [0.717, 1.165) is 0 Å². The Balaban J connectivity index is 3.43. The van der Waals surface area contributed by atoms with Crippen LogP contribution in [0.2, 0.25) is 0 Å². The van der Waals surface area contributed by atoms with E-state index < -0.39 is 0 Å². The van der Waals surface area contributed by atoms with Crippen molar-refractivity contribution in [2.24, 2.45) is 0 Å². The molecule has 0 saturated carbocycles. The van der Waals surface area contributed by atoms with Crippen LogP contribution in [0.5, 0.6) is 0 Å².